The van der Waals surface area contributed by atoms with Crippen molar-refractivity contribution in [3.05, 3.63) is 59.7 Å². The molecule has 2 fully saturated rings. The van der Waals surface area contributed by atoms with E-state index in [2.05, 4.69) is 5.32 Å². The molecule has 146 valence electrons. The lowest BCUT2D eigenvalue weighted by Gasteiger charge is -2.28. The molecule has 28 heavy (non-hydrogen) atoms. The lowest BCUT2D eigenvalue weighted by molar-refractivity contribution is 0.0967. The minimum absolute atomic E-state index is 0.161. The Bertz CT molecular complexity index is 994. The Morgan fingerprint density at radius 2 is 1.54 bits per heavy atom. The van der Waals surface area contributed by atoms with Crippen molar-refractivity contribution < 1.29 is 18.0 Å². The molecule has 2 aliphatic rings. The van der Waals surface area contributed by atoms with Gasteiger partial charge in [-0.25, -0.2) is 8.42 Å². The third-order valence-electron chi connectivity index (χ3n) is 5.14. The Hall–Kier alpha value is -2.67. The van der Waals surface area contributed by atoms with E-state index < -0.39 is 10.0 Å². The van der Waals surface area contributed by atoms with Crippen molar-refractivity contribution in [1.82, 2.24) is 0 Å². The van der Waals surface area contributed by atoms with Gasteiger partial charge in [0.25, 0.3) is 5.91 Å². The highest BCUT2D eigenvalue weighted by Gasteiger charge is 2.30. The Labute approximate surface area is 164 Å². The van der Waals surface area contributed by atoms with Gasteiger partial charge in [0.05, 0.1) is 11.4 Å². The van der Waals surface area contributed by atoms with Gasteiger partial charge in [0.1, 0.15) is 0 Å². The minimum Gasteiger partial charge on any atom is -0.322 e. The molecule has 2 aromatic carbocycles. The normalized spacial score (nSPS) is 18.5. The number of rotatable bonds is 5. The van der Waals surface area contributed by atoms with Gasteiger partial charge in [0.15, 0.2) is 5.78 Å². The molecule has 0 spiro atoms. The Morgan fingerprint density at radius 3 is 2.14 bits per heavy atom. The van der Waals surface area contributed by atoms with Crippen molar-refractivity contribution in [2.45, 2.75) is 25.7 Å². The number of hydrogen-bond acceptors (Lipinski definition) is 4. The van der Waals surface area contributed by atoms with Crippen LogP contribution < -0.4 is 9.62 Å². The predicted octanol–water partition coefficient (Wildman–Crippen LogP) is 3.46. The Kier molecular flexibility index (Phi) is 4.93. The highest BCUT2D eigenvalue weighted by Crippen LogP contribution is 2.32. The van der Waals surface area contributed by atoms with E-state index in [1.54, 1.807) is 48.5 Å². The summed E-state index contributed by atoms with van der Waals surface area (Å²) < 4.78 is 25.8. The SMILES string of the molecule is O=C(Nc1ccc(C(=O)C2CC2)cc1)c1ccc(N2CCCCS2(=O)=O)cc1. The van der Waals surface area contributed by atoms with Gasteiger partial charge < -0.3 is 5.32 Å². The summed E-state index contributed by atoms with van der Waals surface area (Å²) in [6.45, 7) is 0.472. The zero-order valence-electron chi connectivity index (χ0n) is 15.4. The van der Waals surface area contributed by atoms with E-state index in [1.165, 1.54) is 4.31 Å². The Balaban J connectivity index is 1.43. The van der Waals surface area contributed by atoms with Gasteiger partial charge in [0.2, 0.25) is 10.0 Å². The lowest BCUT2D eigenvalue weighted by Crippen LogP contribution is -2.37. The molecule has 0 atom stereocenters. The first-order valence-electron chi connectivity index (χ1n) is 9.50. The molecule has 0 bridgehead atoms. The average Bonchev–Trinajstić information content (AvgIpc) is 3.53. The van der Waals surface area contributed by atoms with Crippen LogP contribution in [0.3, 0.4) is 0 Å². The number of Topliss-reactive ketones (excluding diaryl/α,β-unsaturated/α-hetero) is 1. The van der Waals surface area contributed by atoms with E-state index >= 15 is 0 Å². The maximum atomic E-state index is 12.5. The number of nitrogens with one attached hydrogen (secondary N) is 1. The maximum Gasteiger partial charge on any atom is 0.255 e. The lowest BCUT2D eigenvalue weighted by atomic mass is 10.1. The first kappa shape index (κ1) is 18.7. The monoisotopic (exact) mass is 398 g/mol. The fourth-order valence-corrected chi connectivity index (χ4v) is 5.00. The molecular formula is C21H22N2O4S. The maximum absolute atomic E-state index is 12.5. The van der Waals surface area contributed by atoms with Crippen molar-refractivity contribution >= 4 is 33.1 Å². The van der Waals surface area contributed by atoms with Gasteiger partial charge in [-0.15, -0.1) is 0 Å². The van der Waals surface area contributed by atoms with Crippen LogP contribution in [0.15, 0.2) is 48.5 Å². The van der Waals surface area contributed by atoms with E-state index in [1.807, 2.05) is 0 Å². The molecule has 0 unspecified atom stereocenters. The fraction of sp³-hybridized carbons (Fsp3) is 0.333. The second-order valence-electron chi connectivity index (χ2n) is 7.31. The van der Waals surface area contributed by atoms with Gasteiger partial charge in [-0.2, -0.15) is 0 Å². The van der Waals surface area contributed by atoms with Gasteiger partial charge in [-0.1, -0.05) is 0 Å². The van der Waals surface area contributed by atoms with E-state index in [0.717, 1.165) is 19.3 Å². The quantitative estimate of drug-likeness (QED) is 0.782. The van der Waals surface area contributed by atoms with E-state index in [-0.39, 0.29) is 23.4 Å². The van der Waals surface area contributed by atoms with Crippen molar-refractivity contribution in [3.8, 4) is 0 Å². The van der Waals surface area contributed by atoms with E-state index in [4.69, 9.17) is 0 Å². The molecule has 7 heteroatoms. The second kappa shape index (κ2) is 7.39. The standard InChI is InChI=1S/C21H22N2O4S/c24-20(15-3-4-15)16-5-9-18(10-6-16)22-21(25)17-7-11-19(12-8-17)23-13-1-2-14-28(23,26)27/h5-12,15H,1-4,13-14H2,(H,22,25). The van der Waals surface area contributed by atoms with Crippen molar-refractivity contribution in [2.75, 3.05) is 21.9 Å². The van der Waals surface area contributed by atoms with E-state index in [9.17, 15) is 18.0 Å². The number of hydrogen-bond donors (Lipinski definition) is 1. The average molecular weight is 398 g/mol. The smallest absolute Gasteiger partial charge is 0.255 e. The number of benzene rings is 2. The van der Waals surface area contributed by atoms with Crippen LogP contribution in [0.4, 0.5) is 11.4 Å². The molecular weight excluding hydrogens is 376 g/mol. The zero-order valence-corrected chi connectivity index (χ0v) is 16.2. The third-order valence-corrected chi connectivity index (χ3v) is 7.01. The predicted molar refractivity (Wildman–Crippen MR) is 108 cm³/mol. The topological polar surface area (TPSA) is 83.6 Å². The van der Waals surface area contributed by atoms with Crippen LogP contribution in [-0.2, 0) is 10.0 Å². The fourth-order valence-electron chi connectivity index (χ4n) is 3.36. The molecule has 0 aromatic heterocycles. The van der Waals surface area contributed by atoms with Crippen LogP contribution in [0.5, 0.6) is 0 Å². The number of carbonyl (C=O) groups is 2. The largest absolute Gasteiger partial charge is 0.322 e. The summed E-state index contributed by atoms with van der Waals surface area (Å²) in [6.07, 6.45) is 3.45. The zero-order chi connectivity index (χ0) is 19.7. The highest BCUT2D eigenvalue weighted by atomic mass is 32.2. The van der Waals surface area contributed by atoms with Crippen LogP contribution >= 0.6 is 0 Å². The molecule has 1 heterocycles. The first-order valence-corrected chi connectivity index (χ1v) is 11.1. The number of ketones is 1. The molecule has 1 amide bonds. The molecule has 4 rings (SSSR count). The van der Waals surface area contributed by atoms with Crippen LogP contribution in [-0.4, -0.2) is 32.4 Å². The van der Waals surface area contributed by atoms with Crippen LogP contribution in [0.25, 0.3) is 0 Å². The minimum atomic E-state index is -3.27. The van der Waals surface area contributed by atoms with Crippen molar-refractivity contribution in [1.29, 1.82) is 0 Å². The van der Waals surface area contributed by atoms with Crippen LogP contribution in [0, 0.1) is 5.92 Å². The molecule has 1 aliphatic carbocycles. The Morgan fingerprint density at radius 1 is 0.893 bits per heavy atom. The number of sulfonamides is 1. The molecule has 2 aromatic rings. The molecule has 6 nitrogen and oxygen atoms in total. The van der Waals surface area contributed by atoms with Crippen LogP contribution in [0.2, 0.25) is 0 Å². The summed E-state index contributed by atoms with van der Waals surface area (Å²) in [7, 11) is -3.27. The molecule has 1 saturated carbocycles. The van der Waals surface area contributed by atoms with Crippen LogP contribution in [0.1, 0.15) is 46.4 Å². The number of nitrogens with zero attached hydrogens (tertiary/aromatic N) is 1. The molecule has 1 saturated heterocycles. The number of carbonyl (C=O) groups excluding carboxylic acids is 2. The summed E-state index contributed by atoms with van der Waals surface area (Å²) in [5.74, 6) is 0.215. The number of anilines is 2. The highest BCUT2D eigenvalue weighted by molar-refractivity contribution is 7.92. The number of amides is 1. The van der Waals surface area contributed by atoms with E-state index in [0.29, 0.717) is 35.5 Å². The van der Waals surface area contributed by atoms with Gasteiger partial charge >= 0.3 is 0 Å². The van der Waals surface area contributed by atoms with Gasteiger partial charge in [0, 0.05) is 29.3 Å². The second-order valence-corrected chi connectivity index (χ2v) is 9.32. The molecule has 0 radical (unpaired) electrons. The molecule has 1 aliphatic heterocycles. The van der Waals surface area contributed by atoms with Gasteiger partial charge in [-0.3, -0.25) is 13.9 Å². The molecule has 1 N–H and O–H groups in total. The summed E-state index contributed by atoms with van der Waals surface area (Å²) in [5, 5.41) is 2.80. The van der Waals surface area contributed by atoms with Crippen molar-refractivity contribution in [2.24, 2.45) is 5.92 Å². The summed E-state index contributed by atoms with van der Waals surface area (Å²) in [6, 6.07) is 13.5. The third kappa shape index (κ3) is 3.94. The summed E-state index contributed by atoms with van der Waals surface area (Å²) >= 11 is 0. The summed E-state index contributed by atoms with van der Waals surface area (Å²) in [5.41, 5.74) is 2.31. The van der Waals surface area contributed by atoms with Gasteiger partial charge in [-0.05, 0) is 74.2 Å². The van der Waals surface area contributed by atoms with Crippen molar-refractivity contribution in [3.63, 3.8) is 0 Å². The first-order chi connectivity index (χ1) is 13.4. The summed E-state index contributed by atoms with van der Waals surface area (Å²) in [4.78, 5) is 24.5.